The Kier molecular flexibility index (Phi) is 11.1. The van der Waals surface area contributed by atoms with Crippen molar-refractivity contribution in [2.75, 3.05) is 5.75 Å². The SMILES string of the molecule is CC[C@H](C)NC(=O)[C@H](Cc1ccccc1)N(Cc1ccc(Br)cc1)C(=O)CSCc1ccccc1C. The smallest absolute Gasteiger partial charge is 0.243 e. The molecule has 0 aliphatic rings. The zero-order valence-corrected chi connectivity index (χ0v) is 23.6. The molecule has 3 aromatic rings. The molecule has 3 rings (SSSR count). The molecular formula is C30H35BrN2O2S. The fraction of sp³-hybridized carbons (Fsp3) is 0.333. The van der Waals surface area contributed by atoms with Crippen LogP contribution in [0.3, 0.4) is 0 Å². The summed E-state index contributed by atoms with van der Waals surface area (Å²) in [4.78, 5) is 29.0. The number of hydrogen-bond donors (Lipinski definition) is 1. The summed E-state index contributed by atoms with van der Waals surface area (Å²) in [5.74, 6) is 0.930. The van der Waals surface area contributed by atoms with Crippen LogP contribution in [0.25, 0.3) is 0 Å². The molecule has 0 bridgehead atoms. The first-order valence-corrected chi connectivity index (χ1v) is 14.3. The molecule has 0 unspecified atom stereocenters. The van der Waals surface area contributed by atoms with Crippen molar-refractivity contribution in [3.8, 4) is 0 Å². The third-order valence-electron chi connectivity index (χ3n) is 6.28. The minimum atomic E-state index is -0.600. The highest BCUT2D eigenvalue weighted by Gasteiger charge is 2.30. The van der Waals surface area contributed by atoms with Crippen molar-refractivity contribution in [3.63, 3.8) is 0 Å². The molecule has 0 fully saturated rings. The van der Waals surface area contributed by atoms with E-state index in [1.807, 2.05) is 80.6 Å². The highest BCUT2D eigenvalue weighted by atomic mass is 79.9. The van der Waals surface area contributed by atoms with Gasteiger partial charge in [-0.15, -0.1) is 11.8 Å². The van der Waals surface area contributed by atoms with Gasteiger partial charge in [0, 0.05) is 29.2 Å². The van der Waals surface area contributed by atoms with E-state index in [9.17, 15) is 9.59 Å². The molecule has 0 heterocycles. The number of thioether (sulfide) groups is 1. The van der Waals surface area contributed by atoms with Gasteiger partial charge in [-0.2, -0.15) is 0 Å². The Balaban J connectivity index is 1.85. The fourth-order valence-corrected chi connectivity index (χ4v) is 5.14. The molecule has 2 atom stereocenters. The normalized spacial score (nSPS) is 12.6. The summed E-state index contributed by atoms with van der Waals surface area (Å²) < 4.78 is 0.980. The summed E-state index contributed by atoms with van der Waals surface area (Å²) in [6, 6.07) is 25.5. The Morgan fingerprint density at radius 2 is 1.61 bits per heavy atom. The van der Waals surface area contributed by atoms with Gasteiger partial charge in [-0.1, -0.05) is 89.6 Å². The lowest BCUT2D eigenvalue weighted by molar-refractivity contribution is -0.139. The quantitative estimate of drug-likeness (QED) is 0.270. The lowest BCUT2D eigenvalue weighted by Gasteiger charge is -2.32. The van der Waals surface area contributed by atoms with E-state index in [0.29, 0.717) is 18.7 Å². The number of carbonyl (C=O) groups is 2. The summed E-state index contributed by atoms with van der Waals surface area (Å²) in [5.41, 5.74) is 4.47. The van der Waals surface area contributed by atoms with Gasteiger partial charge in [-0.3, -0.25) is 9.59 Å². The fourth-order valence-electron chi connectivity index (χ4n) is 3.88. The number of nitrogens with zero attached hydrogens (tertiary/aromatic N) is 1. The second-order valence-electron chi connectivity index (χ2n) is 9.09. The van der Waals surface area contributed by atoms with Crippen LogP contribution in [0.2, 0.25) is 0 Å². The lowest BCUT2D eigenvalue weighted by Crippen LogP contribution is -2.52. The van der Waals surface area contributed by atoms with Crippen molar-refractivity contribution in [1.82, 2.24) is 10.2 Å². The predicted octanol–water partition coefficient (Wildman–Crippen LogP) is 6.55. The van der Waals surface area contributed by atoms with Gasteiger partial charge in [0.05, 0.1) is 5.75 Å². The Labute approximate surface area is 228 Å². The van der Waals surface area contributed by atoms with Crippen LogP contribution in [0.5, 0.6) is 0 Å². The van der Waals surface area contributed by atoms with E-state index in [1.165, 1.54) is 11.1 Å². The number of nitrogens with one attached hydrogen (secondary N) is 1. The van der Waals surface area contributed by atoms with Crippen LogP contribution >= 0.6 is 27.7 Å². The third-order valence-corrected chi connectivity index (χ3v) is 7.78. The van der Waals surface area contributed by atoms with Gasteiger partial charge in [-0.25, -0.2) is 0 Å². The number of hydrogen-bond acceptors (Lipinski definition) is 3. The largest absolute Gasteiger partial charge is 0.352 e. The number of halogens is 1. The summed E-state index contributed by atoms with van der Waals surface area (Å²) in [7, 11) is 0. The monoisotopic (exact) mass is 566 g/mol. The minimum absolute atomic E-state index is 0.0308. The summed E-state index contributed by atoms with van der Waals surface area (Å²) >= 11 is 5.08. The van der Waals surface area contributed by atoms with Crippen molar-refractivity contribution in [1.29, 1.82) is 0 Å². The van der Waals surface area contributed by atoms with Crippen LogP contribution in [0.15, 0.2) is 83.3 Å². The van der Waals surface area contributed by atoms with Crippen LogP contribution in [-0.2, 0) is 28.3 Å². The van der Waals surface area contributed by atoms with E-state index in [1.54, 1.807) is 16.7 Å². The van der Waals surface area contributed by atoms with E-state index in [0.717, 1.165) is 27.8 Å². The molecule has 0 saturated heterocycles. The van der Waals surface area contributed by atoms with Gasteiger partial charge in [0.15, 0.2) is 0 Å². The molecule has 6 heteroatoms. The van der Waals surface area contributed by atoms with Crippen LogP contribution in [0.4, 0.5) is 0 Å². The molecule has 1 N–H and O–H groups in total. The van der Waals surface area contributed by atoms with Crippen molar-refractivity contribution < 1.29 is 9.59 Å². The van der Waals surface area contributed by atoms with E-state index in [4.69, 9.17) is 0 Å². The van der Waals surface area contributed by atoms with Crippen LogP contribution in [0, 0.1) is 6.92 Å². The topological polar surface area (TPSA) is 49.4 Å². The van der Waals surface area contributed by atoms with Gasteiger partial charge >= 0.3 is 0 Å². The maximum Gasteiger partial charge on any atom is 0.243 e. The number of carbonyl (C=O) groups excluding carboxylic acids is 2. The van der Waals surface area contributed by atoms with Crippen LogP contribution < -0.4 is 5.32 Å². The second kappa shape index (κ2) is 14.2. The van der Waals surface area contributed by atoms with Gasteiger partial charge in [0.25, 0.3) is 0 Å². The molecule has 0 saturated carbocycles. The average Bonchev–Trinajstić information content (AvgIpc) is 2.88. The Bertz CT molecular complexity index is 1120. The third kappa shape index (κ3) is 8.52. The maximum absolute atomic E-state index is 13.7. The molecule has 190 valence electrons. The highest BCUT2D eigenvalue weighted by molar-refractivity contribution is 9.10. The predicted molar refractivity (Wildman–Crippen MR) is 154 cm³/mol. The molecule has 2 amide bonds. The molecule has 0 aliphatic heterocycles. The van der Waals surface area contributed by atoms with Crippen LogP contribution in [0.1, 0.15) is 42.5 Å². The zero-order valence-electron chi connectivity index (χ0n) is 21.2. The zero-order chi connectivity index (χ0) is 25.9. The van der Waals surface area contributed by atoms with Crippen molar-refractivity contribution >= 4 is 39.5 Å². The average molecular weight is 568 g/mol. The summed E-state index contributed by atoms with van der Waals surface area (Å²) in [6.07, 6.45) is 1.30. The number of rotatable bonds is 12. The van der Waals surface area contributed by atoms with Crippen molar-refractivity contribution in [2.45, 2.75) is 58.0 Å². The first-order chi connectivity index (χ1) is 17.4. The molecule has 4 nitrogen and oxygen atoms in total. The minimum Gasteiger partial charge on any atom is -0.352 e. The van der Waals surface area contributed by atoms with Crippen molar-refractivity contribution in [3.05, 3.63) is 106 Å². The van der Waals surface area contributed by atoms with Gasteiger partial charge in [0.2, 0.25) is 11.8 Å². The molecule has 0 radical (unpaired) electrons. The summed E-state index contributed by atoms with van der Waals surface area (Å²) in [5, 5.41) is 3.12. The van der Waals surface area contributed by atoms with E-state index < -0.39 is 6.04 Å². The molecule has 0 spiro atoms. The van der Waals surface area contributed by atoms with E-state index in [2.05, 4.69) is 40.3 Å². The summed E-state index contributed by atoms with van der Waals surface area (Å²) in [6.45, 7) is 6.51. The Morgan fingerprint density at radius 1 is 0.944 bits per heavy atom. The van der Waals surface area contributed by atoms with Gasteiger partial charge < -0.3 is 10.2 Å². The Hall–Kier alpha value is -2.57. The second-order valence-corrected chi connectivity index (χ2v) is 11.0. The Morgan fingerprint density at radius 3 is 2.28 bits per heavy atom. The van der Waals surface area contributed by atoms with E-state index >= 15 is 0 Å². The van der Waals surface area contributed by atoms with Gasteiger partial charge in [-0.05, 0) is 54.7 Å². The molecular weight excluding hydrogens is 532 g/mol. The maximum atomic E-state index is 13.7. The number of aryl methyl sites for hydroxylation is 1. The highest BCUT2D eigenvalue weighted by Crippen LogP contribution is 2.21. The van der Waals surface area contributed by atoms with E-state index in [-0.39, 0.29) is 17.9 Å². The first kappa shape index (κ1) is 28.0. The number of amides is 2. The first-order valence-electron chi connectivity index (χ1n) is 12.4. The molecule has 0 aliphatic carbocycles. The van der Waals surface area contributed by atoms with Gasteiger partial charge in [0.1, 0.15) is 6.04 Å². The molecule has 0 aromatic heterocycles. The standard InChI is InChI=1S/C30H35BrN2O2S/c1-4-23(3)32-30(35)28(18-24-11-6-5-7-12-24)33(19-25-14-16-27(31)17-15-25)29(34)21-36-20-26-13-9-8-10-22(26)2/h5-17,23,28H,4,18-21H2,1-3H3,(H,32,35)/t23-,28-/m0/s1. The lowest BCUT2D eigenvalue weighted by atomic mass is 10.0. The van der Waals surface area contributed by atoms with Crippen molar-refractivity contribution in [2.24, 2.45) is 0 Å². The molecule has 36 heavy (non-hydrogen) atoms. The number of benzene rings is 3. The van der Waals surface area contributed by atoms with Crippen LogP contribution in [-0.4, -0.2) is 34.6 Å². The molecule has 3 aromatic carbocycles.